The number of hydrogen-bond donors (Lipinski definition) is 0. The van der Waals surface area contributed by atoms with E-state index < -0.39 is 39.0 Å². The van der Waals surface area contributed by atoms with E-state index in [1.165, 1.54) is 0 Å². The molecule has 4 nitrogen and oxygen atoms in total. The number of carbonyl (C=O) groups is 4. The van der Waals surface area contributed by atoms with Crippen LogP contribution in [0, 0.1) is 33.5 Å². The molecular weight excluding hydrogens is 460 g/mol. The van der Waals surface area contributed by atoms with Crippen LogP contribution in [0.4, 0.5) is 0 Å². The van der Waals surface area contributed by atoms with Crippen molar-refractivity contribution in [1.82, 2.24) is 0 Å². The lowest BCUT2D eigenvalue weighted by molar-refractivity contribution is -0.209. The van der Waals surface area contributed by atoms with Gasteiger partial charge in [0.15, 0.2) is 28.5 Å². The summed E-state index contributed by atoms with van der Waals surface area (Å²) in [5, 5.41) is 0. The highest BCUT2D eigenvalue weighted by atomic mass is 16.2. The molecule has 1 aromatic carbocycles. The number of benzene rings is 1. The van der Waals surface area contributed by atoms with Crippen LogP contribution in [0.25, 0.3) is 0 Å². The lowest BCUT2D eigenvalue weighted by Crippen LogP contribution is -2.83. The first-order valence-electron chi connectivity index (χ1n) is 13.4. The van der Waals surface area contributed by atoms with Crippen molar-refractivity contribution in [3.63, 3.8) is 0 Å². The maximum atomic E-state index is 15.0. The highest BCUT2D eigenvalue weighted by molar-refractivity contribution is 6.42. The minimum atomic E-state index is -1.90. The Kier molecular flexibility index (Phi) is 6.50. The average Bonchev–Trinajstić information content (AvgIpc) is 2.82. The fourth-order valence-corrected chi connectivity index (χ4v) is 7.59. The Morgan fingerprint density at radius 3 is 1.92 bits per heavy atom. The van der Waals surface area contributed by atoms with Gasteiger partial charge in [-0.2, -0.15) is 0 Å². The first-order valence-corrected chi connectivity index (χ1v) is 13.4. The van der Waals surface area contributed by atoms with E-state index in [9.17, 15) is 14.4 Å². The van der Waals surface area contributed by atoms with E-state index in [1.807, 2.05) is 73.6 Å². The topological polar surface area (TPSA) is 68.3 Å². The molecule has 0 saturated heterocycles. The minimum Gasteiger partial charge on any atom is -0.297 e. The molecule has 1 aromatic rings. The molecule has 0 heterocycles. The Labute approximate surface area is 221 Å². The van der Waals surface area contributed by atoms with E-state index in [4.69, 9.17) is 0 Å². The van der Waals surface area contributed by atoms with Crippen LogP contribution < -0.4 is 0 Å². The van der Waals surface area contributed by atoms with Crippen molar-refractivity contribution in [2.24, 2.45) is 33.5 Å². The minimum absolute atomic E-state index is 0.181. The third-order valence-corrected chi connectivity index (χ3v) is 9.41. The first-order chi connectivity index (χ1) is 17.2. The molecule has 4 bridgehead atoms. The predicted molar refractivity (Wildman–Crippen MR) is 146 cm³/mol. The third-order valence-electron chi connectivity index (χ3n) is 9.41. The molecule has 4 aliphatic carbocycles. The Morgan fingerprint density at radius 1 is 0.811 bits per heavy atom. The lowest BCUT2D eigenvalue weighted by atomic mass is 9.27. The van der Waals surface area contributed by atoms with Gasteiger partial charge in [-0.15, -0.1) is 0 Å². The summed E-state index contributed by atoms with van der Waals surface area (Å²) in [5.74, 6) is -2.25. The highest BCUT2D eigenvalue weighted by Crippen LogP contribution is 2.75. The second-order valence-electron chi connectivity index (χ2n) is 12.8. The van der Waals surface area contributed by atoms with Gasteiger partial charge in [0.25, 0.3) is 0 Å². The Morgan fingerprint density at radius 2 is 1.38 bits per heavy atom. The van der Waals surface area contributed by atoms with Crippen molar-refractivity contribution < 1.29 is 19.2 Å². The summed E-state index contributed by atoms with van der Waals surface area (Å²) in [5.41, 5.74) is -2.29. The van der Waals surface area contributed by atoms with Gasteiger partial charge in [-0.1, -0.05) is 79.1 Å². The summed E-state index contributed by atoms with van der Waals surface area (Å²) in [6.45, 7) is 15.6. The summed E-state index contributed by atoms with van der Waals surface area (Å²) < 4.78 is 0. The van der Waals surface area contributed by atoms with Crippen LogP contribution in [-0.4, -0.2) is 23.1 Å². The number of allylic oxidation sites excluding steroid dienone is 6. The van der Waals surface area contributed by atoms with Gasteiger partial charge in [0, 0.05) is 11.5 Å². The molecule has 4 saturated carbocycles. The highest BCUT2D eigenvalue weighted by Gasteiger charge is 2.86. The van der Waals surface area contributed by atoms with Gasteiger partial charge in [0.1, 0.15) is 0 Å². The molecule has 4 fully saturated rings. The summed E-state index contributed by atoms with van der Waals surface area (Å²) in [7, 11) is 0. The zero-order valence-electron chi connectivity index (χ0n) is 23.5. The second-order valence-corrected chi connectivity index (χ2v) is 12.8. The molecule has 196 valence electrons. The van der Waals surface area contributed by atoms with E-state index in [-0.39, 0.29) is 30.5 Å². The van der Waals surface area contributed by atoms with Gasteiger partial charge >= 0.3 is 0 Å². The maximum absolute atomic E-state index is 15.0. The maximum Gasteiger partial charge on any atom is 0.184 e. The fraction of sp³-hybridized carbons (Fsp3) is 0.515. The Hall–Kier alpha value is -2.88. The van der Waals surface area contributed by atoms with Gasteiger partial charge in [-0.05, 0) is 72.1 Å². The summed E-state index contributed by atoms with van der Waals surface area (Å²) >= 11 is 0. The van der Waals surface area contributed by atoms with E-state index in [2.05, 4.69) is 6.08 Å². The second kappa shape index (κ2) is 8.85. The first kappa shape index (κ1) is 27.2. The molecule has 0 aromatic heterocycles. The van der Waals surface area contributed by atoms with Crippen molar-refractivity contribution in [1.29, 1.82) is 0 Å². The summed E-state index contributed by atoms with van der Waals surface area (Å²) in [6.07, 6.45) is 6.76. The van der Waals surface area contributed by atoms with Crippen molar-refractivity contribution in [2.75, 3.05) is 0 Å². The van der Waals surface area contributed by atoms with Crippen LogP contribution in [0.2, 0.25) is 0 Å². The van der Waals surface area contributed by atoms with Crippen LogP contribution in [0.15, 0.2) is 65.3 Å². The molecule has 37 heavy (non-hydrogen) atoms. The van der Waals surface area contributed by atoms with Crippen molar-refractivity contribution in [3.8, 4) is 0 Å². The van der Waals surface area contributed by atoms with Crippen LogP contribution in [0.5, 0.6) is 0 Å². The van der Waals surface area contributed by atoms with Gasteiger partial charge in [-0.25, -0.2) is 0 Å². The molecular formula is C33H40O4. The molecule has 0 N–H and O–H groups in total. The SMILES string of the molecule is CC(C)=CC[C@@]12C[C@H]3[C@@H](C=C(C)C)[C@@](CC=C(C)C)(C1=O)C(=O)[C@@](C(=O)c1ccccc1)(C2=O)C3(C)C. The Balaban J connectivity index is 2.13. The molecule has 5 rings (SSSR count). The molecule has 0 spiro atoms. The van der Waals surface area contributed by atoms with Gasteiger partial charge in [0.05, 0.1) is 10.8 Å². The van der Waals surface area contributed by atoms with Gasteiger partial charge in [0.2, 0.25) is 0 Å². The van der Waals surface area contributed by atoms with Crippen molar-refractivity contribution in [2.45, 2.75) is 74.7 Å². The van der Waals surface area contributed by atoms with Crippen LogP contribution >= 0.6 is 0 Å². The number of rotatable bonds is 7. The quantitative estimate of drug-likeness (QED) is 0.232. The predicted octanol–water partition coefficient (Wildman–Crippen LogP) is 6.90. The number of carbonyl (C=O) groups excluding carboxylic acids is 4. The van der Waals surface area contributed by atoms with Crippen molar-refractivity contribution in [3.05, 3.63) is 70.8 Å². The number of Topliss-reactive ketones (excluding diaryl/α,β-unsaturated/α-hetero) is 4. The zero-order chi connectivity index (χ0) is 27.6. The molecule has 0 unspecified atom stereocenters. The number of ketones is 4. The standard InChI is InChI=1S/C33H40O4/c1-20(2)14-16-31-19-25-24(18-22(5)6)32(27(31)35,17-15-21(3)4)29(37)33(28(31)36,30(25,7)8)26(34)23-12-10-9-11-13-23/h9-15,18,24-25H,16-17,19H2,1-8H3/t24-,25+,31-,32+,33-/m1/s1. The fourth-order valence-electron chi connectivity index (χ4n) is 7.59. The largest absolute Gasteiger partial charge is 0.297 e. The van der Waals surface area contributed by atoms with Crippen LogP contribution in [-0.2, 0) is 14.4 Å². The molecule has 4 aliphatic rings. The smallest absolute Gasteiger partial charge is 0.184 e. The molecule has 5 atom stereocenters. The van der Waals surface area contributed by atoms with E-state index in [0.717, 1.165) is 16.7 Å². The van der Waals surface area contributed by atoms with E-state index >= 15 is 4.79 Å². The van der Waals surface area contributed by atoms with Gasteiger partial charge < -0.3 is 0 Å². The van der Waals surface area contributed by atoms with E-state index in [0.29, 0.717) is 12.0 Å². The molecule has 0 amide bonds. The van der Waals surface area contributed by atoms with Crippen LogP contribution in [0.1, 0.15) is 85.0 Å². The lowest BCUT2D eigenvalue weighted by Gasteiger charge is -2.70. The number of hydrogen-bond acceptors (Lipinski definition) is 4. The normalized spacial score (nSPS) is 33.2. The van der Waals surface area contributed by atoms with Gasteiger partial charge in [-0.3, -0.25) is 19.2 Å². The third kappa shape index (κ3) is 3.40. The molecule has 4 heteroatoms. The molecule has 0 radical (unpaired) electrons. The van der Waals surface area contributed by atoms with Crippen molar-refractivity contribution >= 4 is 23.1 Å². The van der Waals surface area contributed by atoms with Crippen LogP contribution in [0.3, 0.4) is 0 Å². The molecule has 0 aliphatic heterocycles. The average molecular weight is 501 g/mol. The Bertz CT molecular complexity index is 1260. The monoisotopic (exact) mass is 500 g/mol. The summed E-state index contributed by atoms with van der Waals surface area (Å²) in [6, 6.07) is 8.68. The van der Waals surface area contributed by atoms with E-state index in [1.54, 1.807) is 24.3 Å². The summed E-state index contributed by atoms with van der Waals surface area (Å²) in [4.78, 5) is 59.0. The zero-order valence-corrected chi connectivity index (χ0v) is 23.5.